The monoisotopic (exact) mass is 193 g/mol. The van der Waals surface area contributed by atoms with E-state index < -0.39 is 0 Å². The third-order valence-corrected chi connectivity index (χ3v) is 3.69. The molecule has 0 heterocycles. The molecule has 1 nitrogen and oxygen atoms in total. The molecule has 2 aliphatic rings. The van der Waals surface area contributed by atoms with E-state index in [1.807, 2.05) is 0 Å². The van der Waals surface area contributed by atoms with Gasteiger partial charge in [-0.25, -0.2) is 0 Å². The summed E-state index contributed by atoms with van der Waals surface area (Å²) < 4.78 is 0. The van der Waals surface area contributed by atoms with E-state index in [1.165, 1.54) is 63.5 Å². The molecule has 2 fully saturated rings. The van der Waals surface area contributed by atoms with Gasteiger partial charge in [0, 0.05) is 11.8 Å². The van der Waals surface area contributed by atoms with Crippen molar-refractivity contribution in [1.82, 2.24) is 0 Å². The van der Waals surface area contributed by atoms with E-state index in [2.05, 4.69) is 6.92 Å². The molecule has 0 aromatic carbocycles. The van der Waals surface area contributed by atoms with E-state index in [4.69, 9.17) is 4.99 Å². The van der Waals surface area contributed by atoms with Crippen molar-refractivity contribution in [3.05, 3.63) is 0 Å². The largest absolute Gasteiger partial charge is 0.291 e. The van der Waals surface area contributed by atoms with Crippen molar-refractivity contribution in [3.63, 3.8) is 0 Å². The molecule has 1 heteroatoms. The summed E-state index contributed by atoms with van der Waals surface area (Å²) in [7, 11) is 0. The van der Waals surface area contributed by atoms with Gasteiger partial charge >= 0.3 is 0 Å². The van der Waals surface area contributed by atoms with Crippen molar-refractivity contribution in [3.8, 4) is 0 Å². The second-order valence-corrected chi connectivity index (χ2v) is 5.19. The molecule has 80 valence electrons. The molecule has 1 unspecified atom stereocenters. The van der Waals surface area contributed by atoms with Crippen LogP contribution in [0.2, 0.25) is 0 Å². The molecule has 0 aromatic heterocycles. The Morgan fingerprint density at radius 1 is 1.00 bits per heavy atom. The van der Waals surface area contributed by atoms with Gasteiger partial charge in [-0.05, 0) is 44.4 Å². The number of aliphatic imine (C=N–C) groups is 1. The SMILES string of the molecule is CC1CCCC(=NC2CCCCC2)C1. The zero-order valence-corrected chi connectivity index (χ0v) is 9.47. The highest BCUT2D eigenvalue weighted by Gasteiger charge is 2.17. The number of hydrogen-bond donors (Lipinski definition) is 0. The van der Waals surface area contributed by atoms with Crippen LogP contribution in [0.25, 0.3) is 0 Å². The zero-order valence-electron chi connectivity index (χ0n) is 9.47. The fraction of sp³-hybridized carbons (Fsp3) is 0.923. The van der Waals surface area contributed by atoms with Crippen LogP contribution < -0.4 is 0 Å². The summed E-state index contributed by atoms with van der Waals surface area (Å²) in [4.78, 5) is 4.96. The van der Waals surface area contributed by atoms with Crippen molar-refractivity contribution >= 4 is 5.71 Å². The second kappa shape index (κ2) is 4.95. The zero-order chi connectivity index (χ0) is 9.80. The molecule has 14 heavy (non-hydrogen) atoms. The molecule has 0 N–H and O–H groups in total. The second-order valence-electron chi connectivity index (χ2n) is 5.19. The van der Waals surface area contributed by atoms with Gasteiger partial charge in [0.1, 0.15) is 0 Å². The Balaban J connectivity index is 1.88. The van der Waals surface area contributed by atoms with Crippen LogP contribution in [0, 0.1) is 5.92 Å². The van der Waals surface area contributed by atoms with Crippen LogP contribution in [-0.4, -0.2) is 11.8 Å². The minimum absolute atomic E-state index is 0.698. The maximum absolute atomic E-state index is 4.96. The van der Waals surface area contributed by atoms with Gasteiger partial charge in [-0.15, -0.1) is 0 Å². The highest BCUT2D eigenvalue weighted by atomic mass is 14.8. The van der Waals surface area contributed by atoms with E-state index in [9.17, 15) is 0 Å². The third kappa shape index (κ3) is 2.83. The Labute approximate surface area is 88.0 Å². The van der Waals surface area contributed by atoms with E-state index >= 15 is 0 Å². The fourth-order valence-corrected chi connectivity index (χ4v) is 2.85. The topological polar surface area (TPSA) is 12.4 Å². The van der Waals surface area contributed by atoms with Crippen molar-refractivity contribution in [2.45, 2.75) is 70.8 Å². The van der Waals surface area contributed by atoms with Crippen molar-refractivity contribution in [2.75, 3.05) is 0 Å². The summed E-state index contributed by atoms with van der Waals surface area (Å²) in [5, 5.41) is 0. The molecule has 0 aliphatic heterocycles. The first-order valence-electron chi connectivity index (χ1n) is 6.40. The van der Waals surface area contributed by atoms with Crippen molar-refractivity contribution in [1.29, 1.82) is 0 Å². The molecule has 1 atom stereocenters. The van der Waals surface area contributed by atoms with E-state index in [1.54, 1.807) is 0 Å². The van der Waals surface area contributed by atoms with Gasteiger partial charge in [0.25, 0.3) is 0 Å². The Bertz CT molecular complexity index is 201. The van der Waals surface area contributed by atoms with Crippen LogP contribution in [-0.2, 0) is 0 Å². The van der Waals surface area contributed by atoms with Gasteiger partial charge in [-0.3, -0.25) is 4.99 Å². The highest BCUT2D eigenvalue weighted by Crippen LogP contribution is 2.25. The maximum atomic E-state index is 4.96. The van der Waals surface area contributed by atoms with Gasteiger partial charge < -0.3 is 0 Å². The normalized spacial score (nSPS) is 33.5. The maximum Gasteiger partial charge on any atom is 0.0499 e. The Morgan fingerprint density at radius 3 is 2.50 bits per heavy atom. The highest BCUT2D eigenvalue weighted by molar-refractivity contribution is 5.85. The fourth-order valence-electron chi connectivity index (χ4n) is 2.85. The Kier molecular flexibility index (Phi) is 3.61. The molecule has 0 amide bonds. The minimum Gasteiger partial charge on any atom is -0.291 e. The summed E-state index contributed by atoms with van der Waals surface area (Å²) in [6, 6.07) is 0.698. The molecule has 0 bridgehead atoms. The smallest absolute Gasteiger partial charge is 0.0499 e. The van der Waals surface area contributed by atoms with Crippen molar-refractivity contribution < 1.29 is 0 Å². The predicted octanol–water partition coefficient (Wildman–Crippen LogP) is 3.97. The van der Waals surface area contributed by atoms with Crippen LogP contribution in [0.1, 0.15) is 64.7 Å². The van der Waals surface area contributed by atoms with Gasteiger partial charge in [0.15, 0.2) is 0 Å². The number of rotatable bonds is 1. The summed E-state index contributed by atoms with van der Waals surface area (Å²) in [6.45, 7) is 2.37. The van der Waals surface area contributed by atoms with Crippen LogP contribution in [0.15, 0.2) is 4.99 Å². The quantitative estimate of drug-likeness (QED) is 0.597. The molecule has 2 rings (SSSR count). The van der Waals surface area contributed by atoms with Gasteiger partial charge in [0.05, 0.1) is 0 Å². The number of hydrogen-bond acceptors (Lipinski definition) is 1. The van der Waals surface area contributed by atoms with Crippen LogP contribution in [0.4, 0.5) is 0 Å². The van der Waals surface area contributed by atoms with E-state index in [0.29, 0.717) is 6.04 Å². The van der Waals surface area contributed by atoms with Crippen molar-refractivity contribution in [2.24, 2.45) is 10.9 Å². The average molecular weight is 193 g/mol. The lowest BCUT2D eigenvalue weighted by atomic mass is 9.88. The summed E-state index contributed by atoms with van der Waals surface area (Å²) in [6.07, 6.45) is 12.4. The minimum atomic E-state index is 0.698. The Morgan fingerprint density at radius 2 is 1.79 bits per heavy atom. The standard InChI is InChI=1S/C13H23N/c1-11-6-5-9-13(10-11)14-12-7-3-2-4-8-12/h11-12H,2-10H2,1H3. The van der Waals surface area contributed by atoms with Crippen LogP contribution in [0.5, 0.6) is 0 Å². The summed E-state index contributed by atoms with van der Waals surface area (Å²) in [5.41, 5.74) is 1.54. The molecule has 0 saturated heterocycles. The Hall–Kier alpha value is -0.330. The van der Waals surface area contributed by atoms with Gasteiger partial charge in [-0.1, -0.05) is 26.2 Å². The molecule has 2 saturated carbocycles. The van der Waals surface area contributed by atoms with E-state index in [-0.39, 0.29) is 0 Å². The molecule has 2 aliphatic carbocycles. The van der Waals surface area contributed by atoms with Gasteiger partial charge in [0.2, 0.25) is 0 Å². The molecular weight excluding hydrogens is 170 g/mol. The average Bonchev–Trinajstić information content (AvgIpc) is 2.19. The third-order valence-electron chi connectivity index (χ3n) is 3.69. The summed E-state index contributed by atoms with van der Waals surface area (Å²) >= 11 is 0. The summed E-state index contributed by atoms with van der Waals surface area (Å²) in [5.74, 6) is 0.895. The molecule has 0 radical (unpaired) electrons. The lowest BCUT2D eigenvalue weighted by Gasteiger charge is -2.23. The van der Waals surface area contributed by atoms with Crippen LogP contribution >= 0.6 is 0 Å². The number of nitrogens with zero attached hydrogens (tertiary/aromatic N) is 1. The predicted molar refractivity (Wildman–Crippen MR) is 61.9 cm³/mol. The van der Waals surface area contributed by atoms with Gasteiger partial charge in [-0.2, -0.15) is 0 Å². The first-order chi connectivity index (χ1) is 6.84. The van der Waals surface area contributed by atoms with E-state index in [0.717, 1.165) is 5.92 Å². The molecule has 0 aromatic rings. The lowest BCUT2D eigenvalue weighted by molar-refractivity contribution is 0.435. The lowest BCUT2D eigenvalue weighted by Crippen LogP contribution is -2.17. The first kappa shape index (κ1) is 10.2. The molecule has 0 spiro atoms. The molecular formula is C13H23N. The van der Waals surface area contributed by atoms with Crippen LogP contribution in [0.3, 0.4) is 0 Å². The first-order valence-corrected chi connectivity index (χ1v) is 6.40.